The maximum Gasteiger partial charge on any atom is 0.277 e. The highest BCUT2D eigenvalue weighted by Gasteiger charge is 2.12. The van der Waals surface area contributed by atoms with E-state index in [1.54, 1.807) is 6.07 Å². The number of halogens is 1. The molecular formula is C21H16ClN3O2S. The molecule has 5 nitrogen and oxygen atoms in total. The molecule has 0 atom stereocenters. The second kappa shape index (κ2) is 8.04. The summed E-state index contributed by atoms with van der Waals surface area (Å²) in [6.45, 7) is 1.91. The van der Waals surface area contributed by atoms with E-state index >= 15 is 0 Å². The number of fused-ring (bicyclic) bond motifs is 1. The number of thioether (sulfide) groups is 1. The van der Waals surface area contributed by atoms with Crippen molar-refractivity contribution in [1.29, 1.82) is 0 Å². The lowest BCUT2D eigenvalue weighted by Gasteiger charge is -2.05. The first-order chi connectivity index (χ1) is 13.6. The van der Waals surface area contributed by atoms with Gasteiger partial charge in [-0.15, -0.1) is 10.2 Å². The van der Waals surface area contributed by atoms with Gasteiger partial charge < -0.3 is 9.73 Å². The van der Waals surface area contributed by atoms with E-state index in [0.717, 1.165) is 21.9 Å². The molecule has 4 aromatic rings. The summed E-state index contributed by atoms with van der Waals surface area (Å²) in [4.78, 5) is 12.1. The lowest BCUT2D eigenvalue weighted by molar-refractivity contribution is -0.113. The van der Waals surface area contributed by atoms with Crippen molar-refractivity contribution in [1.82, 2.24) is 10.2 Å². The molecule has 1 aromatic heterocycles. The number of carbonyl (C=O) groups is 1. The van der Waals surface area contributed by atoms with Crippen LogP contribution >= 0.6 is 23.4 Å². The van der Waals surface area contributed by atoms with Gasteiger partial charge in [0.05, 0.1) is 5.75 Å². The predicted molar refractivity (Wildman–Crippen MR) is 113 cm³/mol. The monoisotopic (exact) mass is 409 g/mol. The molecule has 0 aliphatic carbocycles. The van der Waals surface area contributed by atoms with Crippen molar-refractivity contribution in [3.63, 3.8) is 0 Å². The van der Waals surface area contributed by atoms with Crippen molar-refractivity contribution in [3.05, 3.63) is 71.2 Å². The van der Waals surface area contributed by atoms with Gasteiger partial charge in [0, 0.05) is 16.3 Å². The van der Waals surface area contributed by atoms with Crippen LogP contribution in [0.3, 0.4) is 0 Å². The van der Waals surface area contributed by atoms with E-state index in [2.05, 4.69) is 15.5 Å². The molecule has 1 amide bonds. The minimum Gasteiger partial charge on any atom is -0.411 e. The summed E-state index contributed by atoms with van der Waals surface area (Å²) in [5, 5.41) is 14.1. The van der Waals surface area contributed by atoms with Crippen molar-refractivity contribution < 1.29 is 9.21 Å². The Kier molecular flexibility index (Phi) is 5.32. The number of anilines is 1. The van der Waals surface area contributed by atoms with Crippen LogP contribution in [0.4, 0.5) is 5.69 Å². The number of rotatable bonds is 5. The van der Waals surface area contributed by atoms with E-state index in [4.69, 9.17) is 16.0 Å². The molecule has 0 aliphatic rings. The second-order valence-electron chi connectivity index (χ2n) is 6.24. The third-order valence-electron chi connectivity index (χ3n) is 4.19. The molecule has 0 saturated heterocycles. The predicted octanol–water partition coefficient (Wildman–Crippen LogP) is 5.58. The average molecular weight is 410 g/mol. The molecule has 140 valence electrons. The summed E-state index contributed by atoms with van der Waals surface area (Å²) >= 11 is 7.27. The highest BCUT2D eigenvalue weighted by Crippen LogP contribution is 2.26. The Hall–Kier alpha value is -2.83. The van der Waals surface area contributed by atoms with E-state index in [1.807, 2.05) is 61.5 Å². The molecule has 4 rings (SSSR count). The molecular weight excluding hydrogens is 394 g/mol. The van der Waals surface area contributed by atoms with Crippen LogP contribution in [0.2, 0.25) is 5.02 Å². The van der Waals surface area contributed by atoms with Gasteiger partial charge in [0.25, 0.3) is 5.22 Å². The number of hydrogen-bond acceptors (Lipinski definition) is 5. The molecule has 0 bridgehead atoms. The number of aromatic nitrogens is 2. The molecule has 0 saturated carbocycles. The fourth-order valence-electron chi connectivity index (χ4n) is 2.70. The Labute approximate surface area is 171 Å². The number of aryl methyl sites for hydroxylation is 1. The molecule has 7 heteroatoms. The van der Waals surface area contributed by atoms with E-state index in [1.165, 1.54) is 11.8 Å². The van der Waals surface area contributed by atoms with Gasteiger partial charge in [-0.05, 0) is 47.5 Å². The summed E-state index contributed by atoms with van der Waals surface area (Å²) in [5.74, 6) is 0.416. The van der Waals surface area contributed by atoms with Crippen LogP contribution in [0, 0.1) is 6.92 Å². The van der Waals surface area contributed by atoms with Crippen molar-refractivity contribution in [2.75, 3.05) is 11.1 Å². The van der Waals surface area contributed by atoms with Gasteiger partial charge in [0.15, 0.2) is 0 Å². The molecule has 3 aromatic carbocycles. The Morgan fingerprint density at radius 1 is 1.07 bits per heavy atom. The minimum absolute atomic E-state index is 0.158. The smallest absolute Gasteiger partial charge is 0.277 e. The lowest BCUT2D eigenvalue weighted by atomic mass is 10.1. The van der Waals surface area contributed by atoms with E-state index in [9.17, 15) is 4.79 Å². The maximum absolute atomic E-state index is 12.1. The van der Waals surface area contributed by atoms with Crippen LogP contribution < -0.4 is 5.32 Å². The first-order valence-corrected chi connectivity index (χ1v) is 9.96. The Morgan fingerprint density at radius 3 is 2.71 bits per heavy atom. The molecule has 28 heavy (non-hydrogen) atoms. The third kappa shape index (κ3) is 4.18. The van der Waals surface area contributed by atoms with Gasteiger partial charge in [-0.2, -0.15) is 0 Å². The molecule has 0 fully saturated rings. The zero-order valence-corrected chi connectivity index (χ0v) is 16.6. The SMILES string of the molecule is Cc1ccc(NC(=O)CSc2nnc(-c3ccc4ccccc4c3)o2)cc1Cl. The van der Waals surface area contributed by atoms with Gasteiger partial charge >= 0.3 is 0 Å². The highest BCUT2D eigenvalue weighted by molar-refractivity contribution is 7.99. The zero-order valence-electron chi connectivity index (χ0n) is 15.0. The van der Waals surface area contributed by atoms with Crippen LogP contribution in [0.5, 0.6) is 0 Å². The number of amides is 1. The van der Waals surface area contributed by atoms with E-state index < -0.39 is 0 Å². The Balaban J connectivity index is 1.40. The Bertz CT molecular complexity index is 1160. The first kappa shape index (κ1) is 18.5. The van der Waals surface area contributed by atoms with Crippen LogP contribution in [-0.4, -0.2) is 21.9 Å². The van der Waals surface area contributed by atoms with E-state index in [-0.39, 0.29) is 11.7 Å². The third-order valence-corrected chi connectivity index (χ3v) is 5.41. The normalized spacial score (nSPS) is 10.9. The number of hydrogen-bond donors (Lipinski definition) is 1. The van der Waals surface area contributed by atoms with Crippen LogP contribution in [0.25, 0.3) is 22.2 Å². The quantitative estimate of drug-likeness (QED) is 0.435. The van der Waals surface area contributed by atoms with Crippen molar-refractivity contribution >= 4 is 45.7 Å². The summed E-state index contributed by atoms with van der Waals surface area (Å²) in [6.07, 6.45) is 0. The highest BCUT2D eigenvalue weighted by atomic mass is 35.5. The van der Waals surface area contributed by atoms with Crippen molar-refractivity contribution in [2.24, 2.45) is 0 Å². The Morgan fingerprint density at radius 2 is 1.89 bits per heavy atom. The number of nitrogens with zero attached hydrogens (tertiary/aromatic N) is 2. The fraction of sp³-hybridized carbons (Fsp3) is 0.0952. The zero-order chi connectivity index (χ0) is 19.5. The van der Waals surface area contributed by atoms with Crippen LogP contribution in [0.1, 0.15) is 5.56 Å². The largest absolute Gasteiger partial charge is 0.411 e. The van der Waals surface area contributed by atoms with Crippen molar-refractivity contribution in [2.45, 2.75) is 12.1 Å². The summed E-state index contributed by atoms with van der Waals surface area (Å²) in [6, 6.07) is 19.4. The molecule has 0 aliphatic heterocycles. The molecule has 0 spiro atoms. The lowest BCUT2D eigenvalue weighted by Crippen LogP contribution is -2.14. The number of carbonyl (C=O) groups excluding carboxylic acids is 1. The van der Waals surface area contributed by atoms with Gasteiger partial charge in [0.2, 0.25) is 11.8 Å². The molecule has 0 radical (unpaired) electrons. The van der Waals surface area contributed by atoms with Gasteiger partial charge in [-0.3, -0.25) is 4.79 Å². The number of nitrogens with one attached hydrogen (secondary N) is 1. The van der Waals surface area contributed by atoms with Crippen LogP contribution in [0.15, 0.2) is 70.3 Å². The molecule has 0 unspecified atom stereocenters. The van der Waals surface area contributed by atoms with E-state index in [0.29, 0.717) is 21.8 Å². The fourth-order valence-corrected chi connectivity index (χ4v) is 3.45. The van der Waals surface area contributed by atoms with Gasteiger partial charge in [-0.1, -0.05) is 59.8 Å². The average Bonchev–Trinajstić information content (AvgIpc) is 3.18. The summed E-state index contributed by atoms with van der Waals surface area (Å²) in [7, 11) is 0. The molecule has 1 heterocycles. The van der Waals surface area contributed by atoms with Crippen LogP contribution in [-0.2, 0) is 4.79 Å². The van der Waals surface area contributed by atoms with Gasteiger partial charge in [0.1, 0.15) is 0 Å². The maximum atomic E-state index is 12.1. The molecule has 1 N–H and O–H groups in total. The van der Waals surface area contributed by atoms with Gasteiger partial charge in [-0.25, -0.2) is 0 Å². The summed E-state index contributed by atoms with van der Waals surface area (Å²) < 4.78 is 5.69. The topological polar surface area (TPSA) is 68.0 Å². The second-order valence-corrected chi connectivity index (χ2v) is 7.57. The van der Waals surface area contributed by atoms with Crippen molar-refractivity contribution in [3.8, 4) is 11.5 Å². The number of benzene rings is 3. The first-order valence-electron chi connectivity index (χ1n) is 8.60. The minimum atomic E-state index is -0.171. The standard InChI is InChI=1S/C21H16ClN3O2S/c1-13-6-9-17(11-18(13)22)23-19(26)12-28-21-25-24-20(27-21)16-8-7-14-4-2-3-5-15(14)10-16/h2-11H,12H2,1H3,(H,23,26). The summed E-state index contributed by atoms with van der Waals surface area (Å²) in [5.41, 5.74) is 2.46.